The summed E-state index contributed by atoms with van der Waals surface area (Å²) in [6.45, 7) is -0.206. The van der Waals surface area contributed by atoms with E-state index in [2.05, 4.69) is 9.73 Å². The quantitative estimate of drug-likeness (QED) is 0.465. The van der Waals surface area contributed by atoms with E-state index in [9.17, 15) is 14.0 Å². The maximum Gasteiger partial charge on any atom is 0.325 e. The molecule has 0 saturated carbocycles. The van der Waals surface area contributed by atoms with E-state index in [1.165, 1.54) is 29.1 Å². The largest absolute Gasteiger partial charge is 0.468 e. The fourth-order valence-electron chi connectivity index (χ4n) is 2.45. The number of carbonyl (C=O) groups excluding carboxylic acids is 2. The molecule has 0 unspecified atom stereocenters. The first-order valence-corrected chi connectivity index (χ1v) is 9.99. The summed E-state index contributed by atoms with van der Waals surface area (Å²) in [5, 5.41) is 0. The average Bonchev–Trinajstić information content (AvgIpc) is 3.00. The highest BCUT2D eigenvalue weighted by Crippen LogP contribution is 2.21. The Morgan fingerprint density at radius 3 is 2.70 bits per heavy atom. The minimum Gasteiger partial charge on any atom is -0.468 e. The van der Waals surface area contributed by atoms with Crippen LogP contribution in [0, 0.1) is 5.82 Å². The van der Waals surface area contributed by atoms with Gasteiger partial charge in [0.2, 0.25) is 5.91 Å². The van der Waals surface area contributed by atoms with Crippen LogP contribution < -0.4 is 4.80 Å². The second-order valence-electron chi connectivity index (χ2n) is 5.55. The Kier molecular flexibility index (Phi) is 6.41. The number of carbonyl (C=O) groups is 2. The molecular formula is C19H17FN2O3S2. The first-order chi connectivity index (χ1) is 13.1. The van der Waals surface area contributed by atoms with Gasteiger partial charge >= 0.3 is 5.97 Å². The summed E-state index contributed by atoms with van der Waals surface area (Å²) in [5.41, 5.74) is 0.248. The van der Waals surface area contributed by atoms with Crippen molar-refractivity contribution >= 4 is 45.2 Å². The first-order valence-electron chi connectivity index (χ1n) is 8.18. The van der Waals surface area contributed by atoms with Crippen LogP contribution in [0.4, 0.5) is 4.39 Å². The number of hydrogen-bond acceptors (Lipinski definition) is 5. The molecule has 0 N–H and O–H groups in total. The Morgan fingerprint density at radius 2 is 1.96 bits per heavy atom. The average molecular weight is 404 g/mol. The molecule has 0 atom stereocenters. The van der Waals surface area contributed by atoms with E-state index in [0.717, 1.165) is 4.90 Å². The molecule has 5 nitrogen and oxygen atoms in total. The first kappa shape index (κ1) is 19.3. The molecule has 0 aliphatic rings. The van der Waals surface area contributed by atoms with E-state index in [4.69, 9.17) is 0 Å². The lowest BCUT2D eigenvalue weighted by molar-refractivity contribution is -0.141. The van der Waals surface area contributed by atoms with Crippen LogP contribution in [0.1, 0.15) is 6.42 Å². The topological polar surface area (TPSA) is 60.7 Å². The van der Waals surface area contributed by atoms with Gasteiger partial charge in [-0.3, -0.25) is 9.59 Å². The summed E-state index contributed by atoms with van der Waals surface area (Å²) in [6, 6.07) is 14.4. The molecule has 2 aromatic carbocycles. The van der Waals surface area contributed by atoms with Crippen LogP contribution >= 0.6 is 23.1 Å². The number of nitrogens with zero attached hydrogens (tertiary/aromatic N) is 2. The standard InChI is InChI=1S/C19H17FN2O3S2/c1-25-17(24)12-22-18-14(20)8-5-9-15(18)27-19(22)21-16(23)10-11-26-13-6-3-2-4-7-13/h2-9H,10-12H2,1H3. The molecule has 0 aliphatic carbocycles. The molecule has 0 spiro atoms. The Morgan fingerprint density at radius 1 is 1.19 bits per heavy atom. The van der Waals surface area contributed by atoms with Crippen molar-refractivity contribution in [3.63, 3.8) is 0 Å². The molecule has 1 aromatic heterocycles. The Hall–Kier alpha value is -2.45. The van der Waals surface area contributed by atoms with E-state index in [1.807, 2.05) is 30.3 Å². The molecule has 1 heterocycles. The number of hydrogen-bond donors (Lipinski definition) is 0. The van der Waals surface area contributed by atoms with Crippen LogP contribution in [-0.2, 0) is 20.9 Å². The van der Waals surface area contributed by atoms with Gasteiger partial charge in [-0.2, -0.15) is 4.99 Å². The number of fused-ring (bicyclic) bond motifs is 1. The molecule has 0 bridgehead atoms. The third kappa shape index (κ3) is 4.84. The molecule has 3 aromatic rings. The van der Waals surface area contributed by atoms with Gasteiger partial charge in [0, 0.05) is 17.1 Å². The molecule has 27 heavy (non-hydrogen) atoms. The van der Waals surface area contributed by atoms with Gasteiger partial charge in [-0.25, -0.2) is 4.39 Å². The van der Waals surface area contributed by atoms with Crippen molar-refractivity contribution in [2.75, 3.05) is 12.9 Å². The van der Waals surface area contributed by atoms with Crippen LogP contribution in [0.5, 0.6) is 0 Å². The number of esters is 1. The summed E-state index contributed by atoms with van der Waals surface area (Å²) >= 11 is 2.74. The third-order valence-electron chi connectivity index (χ3n) is 3.71. The number of methoxy groups -OCH3 is 1. The number of thiazole rings is 1. The van der Waals surface area contributed by atoms with Crippen molar-refractivity contribution in [1.82, 2.24) is 4.57 Å². The monoisotopic (exact) mass is 404 g/mol. The summed E-state index contributed by atoms with van der Waals surface area (Å²) in [6.07, 6.45) is 0.245. The zero-order valence-electron chi connectivity index (χ0n) is 14.6. The Bertz CT molecular complexity index is 1030. The molecule has 3 rings (SSSR count). The number of benzene rings is 2. The highest BCUT2D eigenvalue weighted by atomic mass is 32.2. The minimum absolute atomic E-state index is 0.206. The highest BCUT2D eigenvalue weighted by molar-refractivity contribution is 7.99. The minimum atomic E-state index is -0.536. The molecule has 1 amide bonds. The number of aromatic nitrogens is 1. The van der Waals surface area contributed by atoms with E-state index < -0.39 is 11.8 Å². The second-order valence-corrected chi connectivity index (χ2v) is 7.73. The third-order valence-corrected chi connectivity index (χ3v) is 5.77. The number of thioether (sulfide) groups is 1. The Labute approximate surface area is 163 Å². The SMILES string of the molecule is COC(=O)Cn1c(=NC(=O)CCSc2ccccc2)sc2cccc(F)c21. The number of para-hydroxylation sites is 1. The molecule has 140 valence electrons. The molecule has 0 saturated heterocycles. The molecule has 0 fully saturated rings. The lowest BCUT2D eigenvalue weighted by Crippen LogP contribution is -2.22. The van der Waals surface area contributed by atoms with Crippen LogP contribution in [-0.4, -0.2) is 29.3 Å². The van der Waals surface area contributed by atoms with E-state index in [1.54, 1.807) is 23.9 Å². The number of halogens is 1. The second kappa shape index (κ2) is 8.96. The van der Waals surface area contributed by atoms with E-state index in [0.29, 0.717) is 10.5 Å². The molecular weight excluding hydrogens is 387 g/mol. The number of ether oxygens (including phenoxy) is 1. The molecule has 0 aliphatic heterocycles. The molecule has 8 heteroatoms. The summed E-state index contributed by atoms with van der Waals surface area (Å²) in [7, 11) is 1.26. The van der Waals surface area contributed by atoms with Gasteiger partial charge in [0.1, 0.15) is 12.4 Å². The van der Waals surface area contributed by atoms with Gasteiger partial charge in [0.15, 0.2) is 4.80 Å². The van der Waals surface area contributed by atoms with Crippen LogP contribution in [0.25, 0.3) is 10.2 Å². The van der Waals surface area contributed by atoms with Crippen molar-refractivity contribution in [2.45, 2.75) is 17.9 Å². The van der Waals surface area contributed by atoms with Gasteiger partial charge in [-0.15, -0.1) is 11.8 Å². The van der Waals surface area contributed by atoms with Gasteiger partial charge in [-0.1, -0.05) is 35.6 Å². The predicted octanol–water partition coefficient (Wildman–Crippen LogP) is 3.62. The van der Waals surface area contributed by atoms with Gasteiger partial charge in [0.05, 0.1) is 17.3 Å². The molecule has 0 radical (unpaired) electrons. The Balaban J connectivity index is 1.83. The lowest BCUT2D eigenvalue weighted by atomic mass is 10.3. The maximum absolute atomic E-state index is 14.2. The van der Waals surface area contributed by atoms with Crippen molar-refractivity contribution in [3.05, 3.63) is 59.1 Å². The predicted molar refractivity (Wildman–Crippen MR) is 104 cm³/mol. The fourth-order valence-corrected chi connectivity index (χ4v) is 4.37. The van der Waals surface area contributed by atoms with Crippen molar-refractivity contribution in [3.8, 4) is 0 Å². The summed E-state index contributed by atoms with van der Waals surface area (Å²) < 4.78 is 20.9. The smallest absolute Gasteiger partial charge is 0.325 e. The van der Waals surface area contributed by atoms with Crippen molar-refractivity contribution in [2.24, 2.45) is 4.99 Å². The van der Waals surface area contributed by atoms with Gasteiger partial charge < -0.3 is 9.30 Å². The maximum atomic E-state index is 14.2. The van der Waals surface area contributed by atoms with Crippen molar-refractivity contribution < 1.29 is 18.7 Å². The number of rotatable bonds is 6. The number of amides is 1. The van der Waals surface area contributed by atoms with Crippen LogP contribution in [0.15, 0.2) is 58.4 Å². The lowest BCUT2D eigenvalue weighted by Gasteiger charge is -2.04. The van der Waals surface area contributed by atoms with Crippen LogP contribution in [0.2, 0.25) is 0 Å². The van der Waals surface area contributed by atoms with E-state index in [-0.39, 0.29) is 29.2 Å². The fraction of sp³-hybridized carbons (Fsp3) is 0.211. The summed E-state index contributed by atoms with van der Waals surface area (Å²) in [4.78, 5) is 29.5. The summed E-state index contributed by atoms with van der Waals surface area (Å²) in [5.74, 6) is -0.737. The van der Waals surface area contributed by atoms with E-state index >= 15 is 0 Å². The van der Waals surface area contributed by atoms with Gasteiger partial charge in [-0.05, 0) is 24.3 Å². The normalized spacial score (nSPS) is 11.7. The zero-order chi connectivity index (χ0) is 19.2. The van der Waals surface area contributed by atoms with Crippen molar-refractivity contribution in [1.29, 1.82) is 0 Å². The van der Waals surface area contributed by atoms with Crippen LogP contribution in [0.3, 0.4) is 0 Å². The van der Waals surface area contributed by atoms with Gasteiger partial charge in [0.25, 0.3) is 0 Å². The zero-order valence-corrected chi connectivity index (χ0v) is 16.2. The highest BCUT2D eigenvalue weighted by Gasteiger charge is 2.14.